The quantitative estimate of drug-likeness (QED) is 0.448. The minimum Gasteiger partial charge on any atom is -0.395 e. The van der Waals surface area contributed by atoms with Gasteiger partial charge in [0, 0.05) is 27.2 Å². The van der Waals surface area contributed by atoms with E-state index in [-0.39, 0.29) is 12.4 Å². The Kier molecular flexibility index (Phi) is 5.11. The van der Waals surface area contributed by atoms with E-state index in [0.29, 0.717) is 31.0 Å². The van der Waals surface area contributed by atoms with Gasteiger partial charge in [0.25, 0.3) is 0 Å². The van der Waals surface area contributed by atoms with Crippen molar-refractivity contribution in [3.63, 3.8) is 0 Å². The highest BCUT2D eigenvalue weighted by Gasteiger charge is 2.20. The zero-order chi connectivity index (χ0) is 13.7. The largest absolute Gasteiger partial charge is 0.395 e. The molecular weight excluding hydrogens is 234 g/mol. The molecule has 0 aliphatic rings. The minimum atomic E-state index is -0.0176. The molecule has 18 heavy (non-hydrogen) atoms. The van der Waals surface area contributed by atoms with Gasteiger partial charge in [-0.1, -0.05) is 0 Å². The van der Waals surface area contributed by atoms with Crippen molar-refractivity contribution >= 4 is 11.7 Å². The number of nitrogens with one attached hydrogen (secondary N) is 1. The van der Waals surface area contributed by atoms with Crippen molar-refractivity contribution in [3.05, 3.63) is 11.3 Å². The van der Waals surface area contributed by atoms with E-state index in [1.54, 1.807) is 18.8 Å². The lowest BCUT2D eigenvalue weighted by molar-refractivity contribution is 0.202. The van der Waals surface area contributed by atoms with E-state index >= 15 is 0 Å². The number of aliphatic hydroxyl groups is 1. The van der Waals surface area contributed by atoms with Crippen LogP contribution in [0.25, 0.3) is 0 Å². The lowest BCUT2D eigenvalue weighted by Crippen LogP contribution is -2.33. The van der Waals surface area contributed by atoms with Crippen LogP contribution in [0.15, 0.2) is 0 Å². The Balaban J connectivity index is 3.13. The molecule has 0 saturated heterocycles. The Labute approximate surface area is 107 Å². The van der Waals surface area contributed by atoms with Crippen LogP contribution < -0.4 is 10.6 Å². The summed E-state index contributed by atoms with van der Waals surface area (Å²) in [5.74, 6) is 0.724. The second-order valence-electron chi connectivity index (χ2n) is 4.02. The summed E-state index contributed by atoms with van der Waals surface area (Å²) in [7, 11) is 3.42. The molecular formula is C11H21N5O2. The first-order valence-electron chi connectivity index (χ1n) is 5.75. The average molecular weight is 255 g/mol. The van der Waals surface area contributed by atoms with E-state index in [1.165, 1.54) is 0 Å². The summed E-state index contributed by atoms with van der Waals surface area (Å²) in [5.41, 5.74) is 6.92. The first kappa shape index (κ1) is 14.5. The van der Waals surface area contributed by atoms with Gasteiger partial charge in [-0.05, 0) is 6.92 Å². The van der Waals surface area contributed by atoms with Crippen LogP contribution in [0.2, 0.25) is 0 Å². The second-order valence-corrected chi connectivity index (χ2v) is 4.02. The topological polar surface area (TPSA) is 100 Å². The molecule has 0 spiro atoms. The monoisotopic (exact) mass is 255 g/mol. The normalized spacial score (nSPS) is 10.7. The number of hydrogen-bond donors (Lipinski definition) is 3. The number of rotatable bonds is 7. The Morgan fingerprint density at radius 3 is 2.72 bits per heavy atom. The first-order valence-corrected chi connectivity index (χ1v) is 5.75. The first-order chi connectivity index (χ1) is 8.52. The van der Waals surface area contributed by atoms with Crippen molar-refractivity contribution in [2.24, 2.45) is 12.8 Å². The summed E-state index contributed by atoms with van der Waals surface area (Å²) in [6, 6.07) is 0. The van der Waals surface area contributed by atoms with Gasteiger partial charge in [0.2, 0.25) is 0 Å². The molecule has 0 fully saturated rings. The average Bonchev–Trinajstić information content (AvgIpc) is 2.59. The number of nitrogens with two attached hydrogens (primary N) is 1. The van der Waals surface area contributed by atoms with Crippen molar-refractivity contribution in [2.45, 2.75) is 6.92 Å². The Morgan fingerprint density at radius 2 is 2.22 bits per heavy atom. The molecule has 0 amide bonds. The number of methoxy groups -OCH3 is 1. The van der Waals surface area contributed by atoms with Crippen molar-refractivity contribution in [1.29, 1.82) is 5.41 Å². The third-order valence-electron chi connectivity index (χ3n) is 2.70. The summed E-state index contributed by atoms with van der Waals surface area (Å²) in [4.78, 5) is 1.92. The van der Waals surface area contributed by atoms with E-state index in [9.17, 15) is 0 Å². The van der Waals surface area contributed by atoms with Gasteiger partial charge < -0.3 is 20.5 Å². The fourth-order valence-corrected chi connectivity index (χ4v) is 1.97. The number of hydrogen-bond acceptors (Lipinski definition) is 5. The molecule has 7 nitrogen and oxygen atoms in total. The van der Waals surface area contributed by atoms with Gasteiger partial charge in [-0.3, -0.25) is 10.1 Å². The number of nitrogen functional groups attached to an aromatic ring is 1. The van der Waals surface area contributed by atoms with Crippen LogP contribution in [0.1, 0.15) is 11.3 Å². The highest BCUT2D eigenvalue weighted by Crippen LogP contribution is 2.22. The molecule has 0 saturated carbocycles. The molecule has 1 rings (SSSR count). The molecule has 1 aromatic rings. The van der Waals surface area contributed by atoms with Crippen molar-refractivity contribution < 1.29 is 9.84 Å². The number of amidine groups is 1. The molecule has 0 aromatic carbocycles. The van der Waals surface area contributed by atoms with E-state index in [4.69, 9.17) is 21.0 Å². The number of ether oxygens (including phenoxy) is 1. The summed E-state index contributed by atoms with van der Waals surface area (Å²) in [6.07, 6.45) is 0. The van der Waals surface area contributed by atoms with E-state index in [2.05, 4.69) is 5.10 Å². The number of anilines is 1. The third-order valence-corrected chi connectivity index (χ3v) is 2.70. The maximum absolute atomic E-state index is 9.13. The Bertz CT molecular complexity index is 416. The molecule has 102 valence electrons. The highest BCUT2D eigenvalue weighted by atomic mass is 16.5. The van der Waals surface area contributed by atoms with Crippen molar-refractivity contribution in [2.75, 3.05) is 38.3 Å². The lowest BCUT2D eigenvalue weighted by Gasteiger charge is -2.24. The molecule has 0 atom stereocenters. The highest BCUT2D eigenvalue weighted by molar-refractivity contribution is 6.00. The van der Waals surface area contributed by atoms with Crippen molar-refractivity contribution in [1.82, 2.24) is 9.78 Å². The molecule has 0 bridgehead atoms. The van der Waals surface area contributed by atoms with Crippen molar-refractivity contribution in [3.8, 4) is 0 Å². The number of aliphatic hydroxyl groups excluding tert-OH is 1. The van der Waals surface area contributed by atoms with Crippen LogP contribution in [0.5, 0.6) is 0 Å². The molecule has 0 aliphatic heterocycles. The van der Waals surface area contributed by atoms with Crippen LogP contribution in [0.4, 0.5) is 5.82 Å². The standard InChI is InChI=1S/C11H21N5O2/c1-8-9(10(12)13)11(15(2)14-8)16(4-6-17)5-7-18-3/h17H,4-7H2,1-3H3,(H3,12,13). The Hall–Kier alpha value is -1.60. The predicted octanol–water partition coefficient (Wildman–Crippen LogP) is -0.542. The maximum atomic E-state index is 9.13. The van der Waals surface area contributed by atoms with Gasteiger partial charge in [-0.15, -0.1) is 0 Å². The van der Waals surface area contributed by atoms with E-state index in [0.717, 1.165) is 5.82 Å². The molecule has 1 aromatic heterocycles. The Morgan fingerprint density at radius 1 is 1.56 bits per heavy atom. The SMILES string of the molecule is COCCN(CCO)c1c(C(=N)N)c(C)nn1C. The van der Waals surface area contributed by atoms with Crippen LogP contribution >= 0.6 is 0 Å². The number of nitrogens with zero attached hydrogens (tertiary/aromatic N) is 3. The number of aromatic nitrogens is 2. The molecule has 0 aliphatic carbocycles. The summed E-state index contributed by atoms with van der Waals surface area (Å²) >= 11 is 0. The van der Waals surface area contributed by atoms with Crippen LogP contribution in [-0.4, -0.2) is 54.1 Å². The zero-order valence-corrected chi connectivity index (χ0v) is 11.1. The van der Waals surface area contributed by atoms with Crippen LogP contribution in [0, 0.1) is 12.3 Å². The van der Waals surface area contributed by atoms with Gasteiger partial charge in [-0.2, -0.15) is 5.10 Å². The van der Waals surface area contributed by atoms with Crippen LogP contribution in [0.3, 0.4) is 0 Å². The third kappa shape index (κ3) is 2.99. The van der Waals surface area contributed by atoms with E-state index in [1.807, 2.05) is 11.8 Å². The van der Waals surface area contributed by atoms with Gasteiger partial charge in [0.15, 0.2) is 0 Å². The lowest BCUT2D eigenvalue weighted by atomic mass is 10.2. The fraction of sp³-hybridized carbons (Fsp3) is 0.636. The number of aryl methyl sites for hydroxylation is 2. The fourth-order valence-electron chi connectivity index (χ4n) is 1.97. The summed E-state index contributed by atoms with van der Waals surface area (Å²) in [6.45, 7) is 3.42. The molecule has 0 unspecified atom stereocenters. The minimum absolute atomic E-state index is 0.0176. The summed E-state index contributed by atoms with van der Waals surface area (Å²) in [5, 5.41) is 21.0. The van der Waals surface area contributed by atoms with Gasteiger partial charge >= 0.3 is 0 Å². The zero-order valence-electron chi connectivity index (χ0n) is 11.1. The van der Waals surface area contributed by atoms with Gasteiger partial charge in [0.1, 0.15) is 11.7 Å². The second kappa shape index (κ2) is 6.36. The molecule has 0 radical (unpaired) electrons. The smallest absolute Gasteiger partial charge is 0.138 e. The molecule has 4 N–H and O–H groups in total. The maximum Gasteiger partial charge on any atom is 0.138 e. The predicted molar refractivity (Wildman–Crippen MR) is 70.1 cm³/mol. The molecule has 7 heteroatoms. The van der Waals surface area contributed by atoms with E-state index < -0.39 is 0 Å². The van der Waals surface area contributed by atoms with Crippen LogP contribution in [-0.2, 0) is 11.8 Å². The molecule has 1 heterocycles. The summed E-state index contributed by atoms with van der Waals surface area (Å²) < 4.78 is 6.73. The van der Waals surface area contributed by atoms with Gasteiger partial charge in [0.05, 0.1) is 24.5 Å². The van der Waals surface area contributed by atoms with Gasteiger partial charge in [-0.25, -0.2) is 0 Å².